The van der Waals surface area contributed by atoms with Crippen molar-refractivity contribution in [2.75, 3.05) is 0 Å². The average molecular weight is 334 g/mol. The van der Waals surface area contributed by atoms with Gasteiger partial charge < -0.3 is 6.32 Å². The summed E-state index contributed by atoms with van der Waals surface area (Å²) in [5.41, 5.74) is 0. The molecule has 0 aliphatic rings. The summed E-state index contributed by atoms with van der Waals surface area (Å²) in [6.45, 7) is 0. The minimum atomic E-state index is -0.833. The van der Waals surface area contributed by atoms with E-state index in [9.17, 15) is 0 Å². The fraction of sp³-hybridized carbons (Fsp3) is 0. The predicted octanol–water partition coefficient (Wildman–Crippen LogP) is -3.19. The topological polar surface area (TPSA) is 37.3 Å². The van der Waals surface area contributed by atoms with Gasteiger partial charge in [0.15, 0.2) is 0 Å². The number of hydrogen-bond donors (Lipinski definition) is 1. The molecule has 0 bridgehead atoms. The zero-order chi connectivity index (χ0) is 2.71. The van der Waals surface area contributed by atoms with Crippen molar-refractivity contribution in [1.29, 1.82) is 0 Å². The van der Waals surface area contributed by atoms with Crippen LogP contribution in [-0.2, 0) is 4.57 Å². The van der Waals surface area contributed by atoms with E-state index in [1.54, 1.807) is 0 Å². The summed E-state index contributed by atoms with van der Waals surface area (Å²) in [5, 5.41) is 0. The molecule has 0 aliphatic heterocycles. The van der Waals surface area contributed by atoms with E-state index in [0.29, 0.717) is 0 Å². The van der Waals surface area contributed by atoms with Gasteiger partial charge in [0.25, 0.3) is 0 Å². The summed E-state index contributed by atoms with van der Waals surface area (Å²) < 4.78 is 8.46. The van der Waals surface area contributed by atoms with Gasteiger partial charge in [0.2, 0.25) is 0 Å². The van der Waals surface area contributed by atoms with Crippen molar-refractivity contribution in [2.24, 2.45) is 0 Å². The predicted molar refractivity (Wildman–Crippen MR) is 26.7 cm³/mol. The second kappa shape index (κ2) is 26.7. The Morgan fingerprint density at radius 1 is 1.67 bits per heavy atom. The molecule has 0 aromatic carbocycles. The normalized spacial score (nSPS) is 3.50. The Hall–Kier alpha value is 2.27. The third-order valence-electron chi connectivity index (χ3n) is 0. The maximum atomic E-state index is 8.46. The molecule has 6 heteroatoms. The van der Waals surface area contributed by atoms with E-state index in [-0.39, 0.29) is 70.7 Å². The number of halogens is 1. The molecule has 2 nitrogen and oxygen atoms in total. The monoisotopic (exact) mass is 334 g/mol. The quantitative estimate of drug-likeness (QED) is 0.375. The Morgan fingerprint density at radius 3 is 1.67 bits per heavy atom. The molecule has 2 radical (unpaired) electrons. The van der Waals surface area contributed by atoms with Crippen LogP contribution >= 0.6 is 21.1 Å². The van der Waals surface area contributed by atoms with Crippen LogP contribution in [0.1, 0.15) is 1.43 Å². The van der Waals surface area contributed by atoms with Crippen molar-refractivity contribution >= 4 is 48.4 Å². The molecule has 34 valence electrons. The van der Waals surface area contributed by atoms with Crippen LogP contribution in [-0.4, -0.2) is 32.2 Å². The molecule has 0 saturated heterocycles. The third-order valence-corrected chi connectivity index (χ3v) is 0. The molecule has 0 aliphatic carbocycles. The van der Waals surface area contributed by atoms with Crippen molar-refractivity contribution in [1.82, 2.24) is 0 Å². The standard InChI is InChI=1S/ClH.Na.HO2P.Pb.3H/c;;1-3-2;;;;/h1H;;(H,1,2);;;;/q;+1;;;;;-1. The van der Waals surface area contributed by atoms with E-state index < -0.39 is 8.69 Å². The van der Waals surface area contributed by atoms with Gasteiger partial charge >= 0.3 is 65.5 Å². The SMILES string of the molecule is Cl.O=PO.[H-].[Na+].[PbH2]. The first-order valence-electron chi connectivity index (χ1n) is 0.383. The first kappa shape index (κ1) is 24.0. The van der Waals surface area contributed by atoms with Gasteiger partial charge in [-0.05, 0) is 0 Å². The summed E-state index contributed by atoms with van der Waals surface area (Å²) in [4.78, 5) is 6.99. The van der Waals surface area contributed by atoms with E-state index in [4.69, 9.17) is 9.46 Å². The molecule has 0 unspecified atom stereocenters. The van der Waals surface area contributed by atoms with E-state index in [2.05, 4.69) is 0 Å². The third kappa shape index (κ3) is 33.8. The van der Waals surface area contributed by atoms with E-state index in [0.717, 1.165) is 0 Å². The number of rotatable bonds is 0. The fourth-order valence-electron chi connectivity index (χ4n) is 0. The molecule has 1 N–H and O–H groups in total. The Morgan fingerprint density at radius 2 is 1.67 bits per heavy atom. The minimum absolute atomic E-state index is 0. The summed E-state index contributed by atoms with van der Waals surface area (Å²) in [6, 6.07) is 0. The van der Waals surface area contributed by atoms with Gasteiger partial charge in [0.1, 0.15) is 0 Å². The number of hydrogen-bond acceptors (Lipinski definition) is 1. The molecule has 0 atom stereocenters. The summed E-state index contributed by atoms with van der Waals surface area (Å²) in [6.07, 6.45) is 0. The van der Waals surface area contributed by atoms with E-state index in [1.807, 2.05) is 0 Å². The van der Waals surface area contributed by atoms with Gasteiger partial charge in [-0.1, -0.05) is 0 Å². The molecule has 0 spiro atoms. The maximum absolute atomic E-state index is 8.46. The second-order valence-corrected chi connectivity index (χ2v) is 0.245. The molecule has 0 rings (SSSR count). The molecule has 6 heavy (non-hydrogen) atoms. The Kier molecular flexibility index (Phi) is 107. The van der Waals surface area contributed by atoms with Crippen LogP contribution < -0.4 is 29.6 Å². The molecule has 0 fully saturated rings. The first-order valence-corrected chi connectivity index (χ1v) is 1.15. The Bertz CT molecular complexity index is 25.2. The van der Waals surface area contributed by atoms with Crippen molar-refractivity contribution in [3.05, 3.63) is 0 Å². The first-order chi connectivity index (χ1) is 1.41. The molecule has 0 amide bonds. The van der Waals surface area contributed by atoms with Crippen LogP contribution in [0.25, 0.3) is 0 Å². The summed E-state index contributed by atoms with van der Waals surface area (Å²) >= 11 is 0. The van der Waals surface area contributed by atoms with Gasteiger partial charge in [0.05, 0.1) is 0 Å². The average Bonchev–Trinajstić information content (AvgIpc) is 0.918. The van der Waals surface area contributed by atoms with Gasteiger partial charge in [-0.2, -0.15) is 0 Å². The van der Waals surface area contributed by atoms with Crippen LogP contribution in [0, 0.1) is 0 Å². The van der Waals surface area contributed by atoms with Gasteiger partial charge in [0, 0.05) is 0 Å². The zero-order valence-electron chi connectivity index (χ0n) is 4.42. The zero-order valence-corrected chi connectivity index (χ0v) is 12.6. The Labute approximate surface area is 87.7 Å². The van der Waals surface area contributed by atoms with Crippen LogP contribution in [0.4, 0.5) is 0 Å². The van der Waals surface area contributed by atoms with Crippen molar-refractivity contribution in [2.45, 2.75) is 0 Å². The molecule has 0 heterocycles. The van der Waals surface area contributed by atoms with Crippen molar-refractivity contribution in [3.8, 4) is 0 Å². The van der Waals surface area contributed by atoms with Crippen molar-refractivity contribution in [3.63, 3.8) is 0 Å². The summed E-state index contributed by atoms with van der Waals surface area (Å²) in [7, 11) is -0.833. The second-order valence-electron chi connectivity index (χ2n) is 0.0816. The summed E-state index contributed by atoms with van der Waals surface area (Å²) in [5.74, 6) is 0. The fourth-order valence-corrected chi connectivity index (χ4v) is 0. The molecule has 0 aromatic heterocycles. The molecule has 0 aromatic rings. The van der Waals surface area contributed by atoms with Gasteiger partial charge in [-0.3, -0.25) is 0 Å². The molecule has 0 saturated carbocycles. The van der Waals surface area contributed by atoms with Gasteiger partial charge in [-0.15, -0.1) is 12.4 Å². The van der Waals surface area contributed by atoms with E-state index >= 15 is 0 Å². The van der Waals surface area contributed by atoms with Crippen molar-refractivity contribution < 1.29 is 40.4 Å². The Balaban J connectivity index is -0.00000000333. The van der Waals surface area contributed by atoms with E-state index in [1.165, 1.54) is 0 Å². The van der Waals surface area contributed by atoms with Gasteiger partial charge in [-0.25, -0.2) is 4.57 Å². The molecular weight excluding hydrogens is 329 g/mol. The molecular formula is H5ClNaO2PPb. The van der Waals surface area contributed by atoms with Crippen LogP contribution in [0.15, 0.2) is 0 Å². The van der Waals surface area contributed by atoms with Crippen LogP contribution in [0.3, 0.4) is 0 Å². The van der Waals surface area contributed by atoms with Crippen LogP contribution in [0.2, 0.25) is 0 Å². The van der Waals surface area contributed by atoms with Crippen LogP contribution in [0.5, 0.6) is 0 Å².